The Labute approximate surface area is 225 Å². The highest BCUT2D eigenvalue weighted by atomic mass is 32.2. The Bertz CT molecular complexity index is 1390. The molecule has 0 aliphatic heterocycles. The third kappa shape index (κ3) is 10.6. The lowest BCUT2D eigenvalue weighted by Crippen LogP contribution is -2.22. The van der Waals surface area contributed by atoms with Crippen molar-refractivity contribution in [2.45, 2.75) is 11.4 Å². The quantitative estimate of drug-likeness (QED) is 0.287. The van der Waals surface area contributed by atoms with E-state index < -0.39 is 10.0 Å². The van der Waals surface area contributed by atoms with Gasteiger partial charge in [0.25, 0.3) is 5.91 Å². The highest BCUT2D eigenvalue weighted by Crippen LogP contribution is 2.09. The lowest BCUT2D eigenvalue weighted by Gasteiger charge is -2.06. The van der Waals surface area contributed by atoms with Gasteiger partial charge in [-0.15, -0.1) is 0 Å². The van der Waals surface area contributed by atoms with E-state index in [0.29, 0.717) is 12.1 Å². The van der Waals surface area contributed by atoms with Crippen molar-refractivity contribution in [1.82, 2.24) is 5.32 Å². The van der Waals surface area contributed by atoms with Gasteiger partial charge >= 0.3 is 0 Å². The van der Waals surface area contributed by atoms with Crippen LogP contribution in [0.5, 0.6) is 0 Å². The Morgan fingerprint density at radius 1 is 0.658 bits per heavy atom. The fourth-order valence-electron chi connectivity index (χ4n) is 3.03. The zero-order valence-electron chi connectivity index (χ0n) is 21.2. The number of hydrogen-bond donors (Lipinski definition) is 2. The summed E-state index contributed by atoms with van der Waals surface area (Å²) >= 11 is 0. The maximum absolute atomic E-state index is 11.9. The van der Waals surface area contributed by atoms with Crippen LogP contribution >= 0.6 is 0 Å². The van der Waals surface area contributed by atoms with Crippen LogP contribution in [0.25, 0.3) is 18.2 Å². The van der Waals surface area contributed by atoms with Crippen LogP contribution in [0.2, 0.25) is 0 Å². The summed E-state index contributed by atoms with van der Waals surface area (Å²) < 4.78 is 22.2. The third-order valence-electron chi connectivity index (χ3n) is 5.18. The van der Waals surface area contributed by atoms with Gasteiger partial charge in [-0.1, -0.05) is 123 Å². The summed E-state index contributed by atoms with van der Waals surface area (Å²) in [6, 6.07) is 33.1. The fraction of sp³-hybridized carbons (Fsp3) is 0.0312. The summed E-state index contributed by atoms with van der Waals surface area (Å²) in [7, 11) is -3.73. The molecular formula is C32H32N2O3S. The van der Waals surface area contributed by atoms with Crippen LogP contribution in [0.3, 0.4) is 0 Å². The van der Waals surface area contributed by atoms with E-state index in [1.807, 2.05) is 103 Å². The van der Waals surface area contributed by atoms with Crippen molar-refractivity contribution >= 4 is 34.2 Å². The zero-order chi connectivity index (χ0) is 27.8. The van der Waals surface area contributed by atoms with Crippen molar-refractivity contribution < 1.29 is 13.2 Å². The molecule has 6 heteroatoms. The van der Waals surface area contributed by atoms with Gasteiger partial charge in [-0.25, -0.2) is 13.6 Å². The molecule has 3 N–H and O–H groups in total. The lowest BCUT2D eigenvalue weighted by atomic mass is 10.1. The van der Waals surface area contributed by atoms with Crippen molar-refractivity contribution in [3.63, 3.8) is 0 Å². The van der Waals surface area contributed by atoms with E-state index in [2.05, 4.69) is 25.1 Å². The average molecular weight is 525 g/mol. The number of amides is 1. The number of benzene rings is 4. The van der Waals surface area contributed by atoms with E-state index in [9.17, 15) is 13.2 Å². The topological polar surface area (TPSA) is 89.3 Å². The first-order valence-corrected chi connectivity index (χ1v) is 13.3. The van der Waals surface area contributed by atoms with Crippen LogP contribution in [0.4, 0.5) is 0 Å². The third-order valence-corrected chi connectivity index (χ3v) is 6.11. The molecule has 5 nitrogen and oxygen atoms in total. The van der Waals surface area contributed by atoms with Gasteiger partial charge in [0.1, 0.15) is 0 Å². The summed E-state index contributed by atoms with van der Waals surface area (Å²) in [4.78, 5) is 11.9. The molecule has 0 aliphatic rings. The van der Waals surface area contributed by atoms with Crippen molar-refractivity contribution in [2.24, 2.45) is 5.14 Å². The highest BCUT2D eigenvalue weighted by Gasteiger charge is 2.10. The monoisotopic (exact) mass is 524 g/mol. The van der Waals surface area contributed by atoms with Gasteiger partial charge in [0, 0.05) is 12.1 Å². The molecule has 4 aromatic rings. The average Bonchev–Trinajstić information content (AvgIpc) is 2.97. The second-order valence-corrected chi connectivity index (χ2v) is 9.49. The lowest BCUT2D eigenvalue weighted by molar-refractivity contribution is 0.0951. The van der Waals surface area contributed by atoms with E-state index >= 15 is 0 Å². The first-order valence-electron chi connectivity index (χ1n) is 11.7. The molecule has 0 saturated heterocycles. The number of hydrogen-bond acceptors (Lipinski definition) is 3. The molecule has 0 unspecified atom stereocenters. The molecule has 194 valence electrons. The first-order chi connectivity index (χ1) is 18.3. The molecule has 0 spiro atoms. The Morgan fingerprint density at radius 2 is 1.08 bits per heavy atom. The molecule has 0 radical (unpaired) electrons. The van der Waals surface area contributed by atoms with Crippen molar-refractivity contribution in [2.75, 3.05) is 0 Å². The van der Waals surface area contributed by atoms with E-state index in [4.69, 9.17) is 5.14 Å². The smallest absolute Gasteiger partial charge is 0.251 e. The van der Waals surface area contributed by atoms with Gasteiger partial charge in [-0.2, -0.15) is 0 Å². The van der Waals surface area contributed by atoms with E-state index in [-0.39, 0.29) is 10.8 Å². The number of carbonyl (C=O) groups is 1. The molecule has 0 aromatic heterocycles. The van der Waals surface area contributed by atoms with Crippen LogP contribution < -0.4 is 10.5 Å². The molecule has 1 amide bonds. The van der Waals surface area contributed by atoms with E-state index in [1.165, 1.54) is 29.8 Å². The van der Waals surface area contributed by atoms with Crippen molar-refractivity contribution in [1.29, 1.82) is 0 Å². The van der Waals surface area contributed by atoms with E-state index in [0.717, 1.165) is 16.7 Å². The van der Waals surface area contributed by atoms with Crippen LogP contribution in [-0.4, -0.2) is 14.3 Å². The molecule has 0 atom stereocenters. The van der Waals surface area contributed by atoms with Gasteiger partial charge in [0.05, 0.1) is 4.90 Å². The number of sulfonamides is 1. The molecule has 0 heterocycles. The Kier molecular flexibility index (Phi) is 12.2. The Hall–Kier alpha value is -4.52. The normalized spacial score (nSPS) is 9.92. The largest absolute Gasteiger partial charge is 0.348 e. The molecular weight excluding hydrogens is 492 g/mol. The Morgan fingerprint density at radius 3 is 1.47 bits per heavy atom. The predicted molar refractivity (Wildman–Crippen MR) is 159 cm³/mol. The summed E-state index contributed by atoms with van der Waals surface area (Å²) in [5, 5.41) is 7.74. The van der Waals surface area contributed by atoms with E-state index in [1.54, 1.807) is 0 Å². The summed E-state index contributed by atoms with van der Waals surface area (Å²) in [5.41, 5.74) is 4.83. The first kappa shape index (κ1) is 29.7. The van der Waals surface area contributed by atoms with Crippen LogP contribution in [-0.2, 0) is 16.6 Å². The van der Waals surface area contributed by atoms with Crippen molar-refractivity contribution in [3.8, 4) is 0 Å². The number of nitrogens with two attached hydrogens (primary N) is 1. The molecule has 0 fully saturated rings. The maximum atomic E-state index is 11.9. The summed E-state index contributed by atoms with van der Waals surface area (Å²) in [6.07, 6.45) is 5.49. The standard InChI is InChI=1S/C14H14N2O3S.C10H10.C8H8/c15-20(18,19)13-8-6-12(7-9-13)14(17)16-10-11-4-2-1-3-5-11;1-3-9-5-7-10(4-2)8-6-9;1-2-8-6-4-3-5-7-8/h1-9H,10H2,(H,16,17)(H2,15,18,19);3-8H,1-2H2;2-7H,1H2. The second-order valence-electron chi connectivity index (χ2n) is 7.93. The summed E-state index contributed by atoms with van der Waals surface area (Å²) in [5.74, 6) is -0.269. The predicted octanol–water partition coefficient (Wildman–Crippen LogP) is 6.57. The van der Waals surface area contributed by atoms with Gasteiger partial charge in [-0.3, -0.25) is 4.79 Å². The van der Waals surface area contributed by atoms with Crippen LogP contribution in [0.15, 0.2) is 134 Å². The number of rotatable bonds is 7. The molecule has 4 rings (SSSR count). The minimum Gasteiger partial charge on any atom is -0.348 e. The second kappa shape index (κ2) is 15.6. The zero-order valence-corrected chi connectivity index (χ0v) is 22.0. The number of primary sulfonamides is 1. The number of carbonyl (C=O) groups excluding carboxylic acids is 1. The van der Waals surface area contributed by atoms with Gasteiger partial charge in [-0.05, 0) is 46.5 Å². The van der Waals surface area contributed by atoms with Gasteiger partial charge in [0.15, 0.2) is 0 Å². The van der Waals surface area contributed by atoms with Crippen molar-refractivity contribution in [3.05, 3.63) is 157 Å². The summed E-state index contributed by atoms with van der Waals surface area (Å²) in [6.45, 7) is 11.4. The molecule has 38 heavy (non-hydrogen) atoms. The van der Waals surface area contributed by atoms with Gasteiger partial charge in [0.2, 0.25) is 10.0 Å². The molecule has 0 bridgehead atoms. The minimum absolute atomic E-state index is 0.0166. The Balaban J connectivity index is 0.000000233. The maximum Gasteiger partial charge on any atom is 0.251 e. The number of nitrogens with one attached hydrogen (secondary N) is 1. The minimum atomic E-state index is -3.73. The SMILES string of the molecule is C=Cc1ccc(C=C)cc1.C=Cc1ccccc1.NS(=O)(=O)c1ccc(C(=O)NCc2ccccc2)cc1. The molecule has 0 aliphatic carbocycles. The van der Waals surface area contributed by atoms with Gasteiger partial charge < -0.3 is 5.32 Å². The fourth-order valence-corrected chi connectivity index (χ4v) is 3.55. The molecule has 4 aromatic carbocycles. The van der Waals surface area contributed by atoms with Crippen LogP contribution in [0.1, 0.15) is 32.6 Å². The molecule has 0 saturated carbocycles. The van der Waals surface area contributed by atoms with Crippen LogP contribution in [0, 0.1) is 0 Å². The highest BCUT2D eigenvalue weighted by molar-refractivity contribution is 7.89.